The fraction of sp³-hybridized carbons (Fsp3) is 0.778. The first-order chi connectivity index (χ1) is 6.77. The third-order valence-electron chi connectivity index (χ3n) is 2.53. The molecule has 0 amide bonds. The topological polar surface area (TPSA) is 77.0 Å². The maximum absolute atomic E-state index is 5.65. The van der Waals surface area contributed by atoms with Crippen LogP contribution < -0.4 is 11.1 Å². The van der Waals surface area contributed by atoms with Crippen LogP contribution in [-0.2, 0) is 0 Å². The summed E-state index contributed by atoms with van der Waals surface area (Å²) in [6.07, 6.45) is 2.14. The summed E-state index contributed by atoms with van der Waals surface area (Å²) in [6.45, 7) is 3.90. The number of piperidine rings is 1. The van der Waals surface area contributed by atoms with Gasteiger partial charge >= 0.3 is 0 Å². The zero-order valence-electron chi connectivity index (χ0n) is 8.36. The molecule has 0 aromatic carbocycles. The normalized spacial score (nSPS) is 21.0. The van der Waals surface area contributed by atoms with E-state index in [0.717, 1.165) is 31.8 Å². The Labute approximate surface area is 83.1 Å². The molecule has 3 N–H and O–H groups in total. The molecule has 5 nitrogen and oxygen atoms in total. The molecule has 1 aliphatic heterocycles. The minimum Gasteiger partial charge on any atom is -0.423 e. The highest BCUT2D eigenvalue weighted by molar-refractivity contribution is 4.95. The van der Waals surface area contributed by atoms with Crippen molar-refractivity contribution < 1.29 is 4.42 Å². The van der Waals surface area contributed by atoms with Crippen molar-refractivity contribution in [2.24, 2.45) is 5.73 Å². The molecule has 1 unspecified atom stereocenters. The van der Waals surface area contributed by atoms with Gasteiger partial charge in [0.1, 0.15) is 0 Å². The van der Waals surface area contributed by atoms with Crippen LogP contribution in [0.4, 0.5) is 0 Å². The Morgan fingerprint density at radius 3 is 2.71 bits per heavy atom. The smallest absolute Gasteiger partial charge is 0.232 e. The first-order valence-corrected chi connectivity index (χ1v) is 5.07. The van der Waals surface area contributed by atoms with Crippen molar-refractivity contribution in [2.75, 3.05) is 13.1 Å². The molecule has 2 rings (SSSR count). The number of aromatic nitrogens is 2. The van der Waals surface area contributed by atoms with E-state index in [-0.39, 0.29) is 6.04 Å². The summed E-state index contributed by atoms with van der Waals surface area (Å²) in [5, 5.41) is 11.3. The van der Waals surface area contributed by atoms with Gasteiger partial charge in [-0.05, 0) is 32.9 Å². The Morgan fingerprint density at radius 1 is 1.43 bits per heavy atom. The number of nitrogens with two attached hydrogens (primary N) is 1. The first-order valence-electron chi connectivity index (χ1n) is 5.07. The van der Waals surface area contributed by atoms with Crippen molar-refractivity contribution in [3.8, 4) is 0 Å². The zero-order chi connectivity index (χ0) is 9.97. The molecule has 2 heterocycles. The maximum Gasteiger partial charge on any atom is 0.232 e. The predicted octanol–water partition coefficient (Wildman–Crippen LogP) is 0.556. The standard InChI is InChI=1S/C9H16N4O/c1-6(10)8-12-13-9(14-8)7-2-4-11-5-3-7/h6-7,11H,2-5,10H2,1H3. The van der Waals surface area contributed by atoms with Gasteiger partial charge in [0.25, 0.3) is 0 Å². The Bertz CT molecular complexity index is 291. The Kier molecular flexibility index (Phi) is 2.79. The molecular weight excluding hydrogens is 180 g/mol. The van der Waals surface area contributed by atoms with Gasteiger partial charge in [-0.1, -0.05) is 0 Å². The quantitative estimate of drug-likeness (QED) is 0.722. The van der Waals surface area contributed by atoms with Crippen molar-refractivity contribution in [3.63, 3.8) is 0 Å². The van der Waals surface area contributed by atoms with Gasteiger partial charge in [-0.2, -0.15) is 0 Å². The van der Waals surface area contributed by atoms with Gasteiger partial charge in [-0.3, -0.25) is 0 Å². The molecule has 5 heteroatoms. The van der Waals surface area contributed by atoms with Crippen molar-refractivity contribution in [1.82, 2.24) is 15.5 Å². The third kappa shape index (κ3) is 1.93. The van der Waals surface area contributed by atoms with E-state index in [2.05, 4.69) is 15.5 Å². The first kappa shape index (κ1) is 9.61. The van der Waals surface area contributed by atoms with Crippen molar-refractivity contribution >= 4 is 0 Å². The van der Waals surface area contributed by atoms with E-state index >= 15 is 0 Å². The van der Waals surface area contributed by atoms with Crippen LogP contribution in [0.1, 0.15) is 43.5 Å². The predicted molar refractivity (Wildman–Crippen MR) is 51.7 cm³/mol. The van der Waals surface area contributed by atoms with Gasteiger partial charge in [0, 0.05) is 5.92 Å². The molecule has 1 atom stereocenters. The van der Waals surface area contributed by atoms with Gasteiger partial charge in [-0.15, -0.1) is 10.2 Å². The van der Waals surface area contributed by atoms with Gasteiger partial charge in [0.15, 0.2) is 0 Å². The number of nitrogens with zero attached hydrogens (tertiary/aromatic N) is 2. The zero-order valence-corrected chi connectivity index (χ0v) is 8.36. The van der Waals surface area contributed by atoms with Crippen molar-refractivity contribution in [1.29, 1.82) is 0 Å². The van der Waals surface area contributed by atoms with E-state index in [0.29, 0.717) is 11.8 Å². The van der Waals surface area contributed by atoms with E-state index in [4.69, 9.17) is 10.2 Å². The summed E-state index contributed by atoms with van der Waals surface area (Å²) < 4.78 is 5.51. The molecule has 1 saturated heterocycles. The van der Waals surface area contributed by atoms with E-state index in [1.165, 1.54) is 0 Å². The molecule has 78 valence electrons. The van der Waals surface area contributed by atoms with E-state index in [1.807, 2.05) is 6.92 Å². The third-order valence-corrected chi connectivity index (χ3v) is 2.53. The van der Waals surface area contributed by atoms with Crippen LogP contribution in [0, 0.1) is 0 Å². The van der Waals surface area contributed by atoms with Crippen LogP contribution in [0.3, 0.4) is 0 Å². The molecule has 1 fully saturated rings. The highest BCUT2D eigenvalue weighted by atomic mass is 16.4. The van der Waals surface area contributed by atoms with Gasteiger partial charge in [-0.25, -0.2) is 0 Å². The molecular formula is C9H16N4O. The lowest BCUT2D eigenvalue weighted by molar-refractivity contribution is 0.353. The monoisotopic (exact) mass is 196 g/mol. The van der Waals surface area contributed by atoms with Gasteiger partial charge in [0.05, 0.1) is 6.04 Å². The minimum absolute atomic E-state index is 0.169. The fourth-order valence-electron chi connectivity index (χ4n) is 1.66. The van der Waals surface area contributed by atoms with E-state index in [1.54, 1.807) is 0 Å². The summed E-state index contributed by atoms with van der Waals surface area (Å²) in [5.74, 6) is 1.70. The molecule has 1 aromatic rings. The van der Waals surface area contributed by atoms with Crippen LogP contribution in [0.15, 0.2) is 4.42 Å². The van der Waals surface area contributed by atoms with Crippen LogP contribution in [0.25, 0.3) is 0 Å². The van der Waals surface area contributed by atoms with Crippen LogP contribution >= 0.6 is 0 Å². The average Bonchev–Trinajstić information content (AvgIpc) is 2.68. The molecule has 0 bridgehead atoms. The fourth-order valence-corrected chi connectivity index (χ4v) is 1.66. The summed E-state index contributed by atoms with van der Waals surface area (Å²) in [5.41, 5.74) is 5.65. The number of hydrogen-bond acceptors (Lipinski definition) is 5. The molecule has 0 radical (unpaired) electrons. The largest absolute Gasteiger partial charge is 0.423 e. The second-order valence-corrected chi connectivity index (χ2v) is 3.79. The van der Waals surface area contributed by atoms with Crippen LogP contribution in [0.5, 0.6) is 0 Å². The second kappa shape index (κ2) is 4.06. The molecule has 14 heavy (non-hydrogen) atoms. The summed E-state index contributed by atoms with van der Waals surface area (Å²) >= 11 is 0. The highest BCUT2D eigenvalue weighted by Gasteiger charge is 2.21. The SMILES string of the molecule is CC(N)c1nnc(C2CCNCC2)o1. The summed E-state index contributed by atoms with van der Waals surface area (Å²) in [7, 11) is 0. The summed E-state index contributed by atoms with van der Waals surface area (Å²) in [4.78, 5) is 0. The van der Waals surface area contributed by atoms with Gasteiger partial charge < -0.3 is 15.5 Å². The van der Waals surface area contributed by atoms with Crippen LogP contribution in [0.2, 0.25) is 0 Å². The number of nitrogens with one attached hydrogen (secondary N) is 1. The van der Waals surface area contributed by atoms with Crippen LogP contribution in [-0.4, -0.2) is 23.3 Å². The van der Waals surface area contributed by atoms with E-state index < -0.39 is 0 Å². The molecule has 1 aliphatic rings. The molecule has 0 spiro atoms. The lowest BCUT2D eigenvalue weighted by atomic mass is 9.98. The lowest BCUT2D eigenvalue weighted by Crippen LogP contribution is -2.26. The Morgan fingerprint density at radius 2 is 2.14 bits per heavy atom. The molecule has 1 aromatic heterocycles. The van der Waals surface area contributed by atoms with Crippen molar-refractivity contribution in [2.45, 2.75) is 31.7 Å². The Balaban J connectivity index is 2.07. The average molecular weight is 196 g/mol. The van der Waals surface area contributed by atoms with Crippen molar-refractivity contribution in [3.05, 3.63) is 11.8 Å². The number of rotatable bonds is 2. The highest BCUT2D eigenvalue weighted by Crippen LogP contribution is 2.24. The van der Waals surface area contributed by atoms with Gasteiger partial charge in [0.2, 0.25) is 11.8 Å². The molecule has 0 saturated carbocycles. The lowest BCUT2D eigenvalue weighted by Gasteiger charge is -2.18. The number of hydrogen-bond donors (Lipinski definition) is 2. The second-order valence-electron chi connectivity index (χ2n) is 3.79. The maximum atomic E-state index is 5.65. The minimum atomic E-state index is -0.169. The Hall–Kier alpha value is -0.940. The summed E-state index contributed by atoms with van der Waals surface area (Å²) in [6, 6.07) is -0.169. The van der Waals surface area contributed by atoms with E-state index in [9.17, 15) is 0 Å². The molecule has 0 aliphatic carbocycles.